The molecule has 0 bridgehead atoms. The maximum Gasteiger partial charge on any atom is 0.253 e. The highest BCUT2D eigenvalue weighted by Gasteiger charge is 2.27. The van der Waals surface area contributed by atoms with Gasteiger partial charge in [0.25, 0.3) is 5.91 Å². The van der Waals surface area contributed by atoms with Gasteiger partial charge in [-0.1, -0.05) is 36.4 Å². The van der Waals surface area contributed by atoms with Crippen molar-refractivity contribution >= 4 is 18.0 Å². The average Bonchev–Trinajstić information content (AvgIpc) is 2.93. The SMILES string of the molecule is COc1cccc(C(=O)N2CCC(C(=O)N/N=C\c3ccc(OCc4ccccc4)cc3)CC2)c1. The molecule has 0 radical (unpaired) electrons. The number of rotatable bonds is 8. The van der Waals surface area contributed by atoms with E-state index >= 15 is 0 Å². The Bertz CT molecular complexity index is 1150. The van der Waals surface area contributed by atoms with Gasteiger partial charge in [-0.3, -0.25) is 9.59 Å². The van der Waals surface area contributed by atoms with Gasteiger partial charge in [-0.05, 0) is 66.4 Å². The van der Waals surface area contributed by atoms with Crippen LogP contribution in [0.1, 0.15) is 34.3 Å². The Morgan fingerprint density at radius 2 is 1.71 bits per heavy atom. The summed E-state index contributed by atoms with van der Waals surface area (Å²) in [5, 5.41) is 4.10. The second kappa shape index (κ2) is 11.8. The third-order valence-electron chi connectivity index (χ3n) is 5.99. The number of carbonyl (C=O) groups is 2. The molecule has 2 amide bonds. The van der Waals surface area contributed by atoms with Crippen LogP contribution in [0.25, 0.3) is 0 Å². The molecule has 1 aliphatic rings. The first-order chi connectivity index (χ1) is 17.1. The van der Waals surface area contributed by atoms with Crippen molar-refractivity contribution in [2.75, 3.05) is 20.2 Å². The number of ether oxygens (including phenoxy) is 2. The van der Waals surface area contributed by atoms with Crippen LogP contribution in [0, 0.1) is 5.92 Å². The van der Waals surface area contributed by atoms with Crippen molar-refractivity contribution in [2.45, 2.75) is 19.4 Å². The molecule has 1 fully saturated rings. The van der Waals surface area contributed by atoms with E-state index in [1.54, 1.807) is 36.4 Å². The largest absolute Gasteiger partial charge is 0.497 e. The van der Waals surface area contributed by atoms with Gasteiger partial charge in [0.05, 0.1) is 13.3 Å². The predicted molar refractivity (Wildman–Crippen MR) is 135 cm³/mol. The van der Waals surface area contributed by atoms with E-state index in [0.29, 0.717) is 43.9 Å². The van der Waals surface area contributed by atoms with Gasteiger partial charge in [0.2, 0.25) is 5.91 Å². The van der Waals surface area contributed by atoms with Crippen LogP contribution in [-0.4, -0.2) is 43.1 Å². The van der Waals surface area contributed by atoms with E-state index in [2.05, 4.69) is 10.5 Å². The summed E-state index contributed by atoms with van der Waals surface area (Å²) in [6.07, 6.45) is 2.81. The Balaban J connectivity index is 1.21. The first-order valence-corrected chi connectivity index (χ1v) is 11.7. The Kier molecular flexibility index (Phi) is 8.12. The number of hydrogen-bond acceptors (Lipinski definition) is 5. The van der Waals surface area contributed by atoms with E-state index in [4.69, 9.17) is 9.47 Å². The van der Waals surface area contributed by atoms with Crippen molar-refractivity contribution < 1.29 is 19.1 Å². The molecule has 7 nitrogen and oxygen atoms in total. The van der Waals surface area contributed by atoms with Gasteiger partial charge in [0.1, 0.15) is 18.1 Å². The standard InChI is InChI=1S/C28H29N3O4/c1-34-26-9-5-8-24(18-26)28(33)31-16-14-23(15-17-31)27(32)30-29-19-21-10-12-25(13-11-21)35-20-22-6-3-2-4-7-22/h2-13,18-19,23H,14-17,20H2,1H3,(H,30,32)/b29-19-. The molecule has 1 aliphatic heterocycles. The number of hydrazone groups is 1. The molecular weight excluding hydrogens is 442 g/mol. The second-order valence-corrected chi connectivity index (χ2v) is 8.38. The summed E-state index contributed by atoms with van der Waals surface area (Å²) in [7, 11) is 1.58. The van der Waals surface area contributed by atoms with E-state index < -0.39 is 0 Å². The number of nitrogens with zero attached hydrogens (tertiary/aromatic N) is 2. The fourth-order valence-electron chi connectivity index (χ4n) is 3.94. The van der Waals surface area contributed by atoms with Gasteiger partial charge in [0.15, 0.2) is 0 Å². The highest BCUT2D eigenvalue weighted by molar-refractivity contribution is 5.94. The van der Waals surface area contributed by atoms with Crippen molar-refractivity contribution in [3.05, 3.63) is 95.6 Å². The normalized spacial score (nSPS) is 14.0. The summed E-state index contributed by atoms with van der Waals surface area (Å²) >= 11 is 0. The monoisotopic (exact) mass is 471 g/mol. The fraction of sp³-hybridized carbons (Fsp3) is 0.250. The maximum absolute atomic E-state index is 12.7. The first-order valence-electron chi connectivity index (χ1n) is 11.7. The van der Waals surface area contributed by atoms with Gasteiger partial charge in [-0.2, -0.15) is 5.10 Å². The van der Waals surface area contributed by atoms with Gasteiger partial charge in [0, 0.05) is 24.6 Å². The minimum absolute atomic E-state index is 0.0445. The summed E-state index contributed by atoms with van der Waals surface area (Å²) in [4.78, 5) is 27.1. The van der Waals surface area contributed by atoms with Crippen LogP contribution in [0.4, 0.5) is 0 Å². The number of likely N-dealkylation sites (tertiary alicyclic amines) is 1. The lowest BCUT2D eigenvalue weighted by Gasteiger charge is -2.31. The van der Waals surface area contributed by atoms with E-state index in [-0.39, 0.29) is 17.7 Å². The zero-order chi connectivity index (χ0) is 24.5. The molecule has 3 aromatic rings. The molecule has 0 unspecified atom stereocenters. The van der Waals surface area contributed by atoms with Crippen LogP contribution in [0.5, 0.6) is 11.5 Å². The Morgan fingerprint density at radius 1 is 0.971 bits per heavy atom. The predicted octanol–water partition coefficient (Wildman–Crippen LogP) is 4.28. The van der Waals surface area contributed by atoms with Crippen molar-refractivity contribution in [2.24, 2.45) is 11.0 Å². The molecule has 1 saturated heterocycles. The first kappa shape index (κ1) is 24.0. The number of carbonyl (C=O) groups excluding carboxylic acids is 2. The van der Waals surface area contributed by atoms with Gasteiger partial charge in [-0.15, -0.1) is 0 Å². The lowest BCUT2D eigenvalue weighted by atomic mass is 9.95. The minimum Gasteiger partial charge on any atom is -0.497 e. The fourth-order valence-corrected chi connectivity index (χ4v) is 3.94. The molecule has 1 N–H and O–H groups in total. The Morgan fingerprint density at radius 3 is 2.43 bits per heavy atom. The Hall–Kier alpha value is -4.13. The van der Waals surface area contributed by atoms with Crippen LogP contribution in [0.3, 0.4) is 0 Å². The number of amides is 2. The smallest absolute Gasteiger partial charge is 0.253 e. The van der Waals surface area contributed by atoms with E-state index in [0.717, 1.165) is 16.9 Å². The average molecular weight is 472 g/mol. The lowest BCUT2D eigenvalue weighted by Crippen LogP contribution is -2.42. The molecule has 3 aromatic carbocycles. The quantitative estimate of drug-likeness (QED) is 0.393. The number of benzene rings is 3. The molecule has 1 heterocycles. The van der Waals surface area contributed by atoms with Gasteiger partial charge < -0.3 is 14.4 Å². The van der Waals surface area contributed by atoms with Crippen LogP contribution in [0.15, 0.2) is 84.0 Å². The molecular formula is C28H29N3O4. The summed E-state index contributed by atoms with van der Waals surface area (Å²) in [5.74, 6) is 1.08. The third-order valence-corrected chi connectivity index (χ3v) is 5.99. The van der Waals surface area contributed by atoms with E-state index in [1.165, 1.54) is 0 Å². The highest BCUT2D eigenvalue weighted by atomic mass is 16.5. The van der Waals surface area contributed by atoms with E-state index in [9.17, 15) is 9.59 Å². The zero-order valence-corrected chi connectivity index (χ0v) is 19.7. The molecule has 7 heteroatoms. The summed E-state index contributed by atoms with van der Waals surface area (Å²) in [6, 6.07) is 24.6. The Labute approximate surface area is 205 Å². The number of hydrogen-bond donors (Lipinski definition) is 1. The van der Waals surface area contributed by atoms with Crippen molar-refractivity contribution in [1.29, 1.82) is 0 Å². The topological polar surface area (TPSA) is 80.2 Å². The summed E-state index contributed by atoms with van der Waals surface area (Å²) < 4.78 is 11.0. The van der Waals surface area contributed by atoms with E-state index in [1.807, 2.05) is 60.7 Å². The van der Waals surface area contributed by atoms with Crippen LogP contribution in [-0.2, 0) is 11.4 Å². The van der Waals surface area contributed by atoms with Gasteiger partial charge in [-0.25, -0.2) is 5.43 Å². The minimum atomic E-state index is -0.171. The van der Waals surface area contributed by atoms with Crippen LogP contribution >= 0.6 is 0 Å². The molecule has 0 aliphatic carbocycles. The molecule has 35 heavy (non-hydrogen) atoms. The van der Waals surface area contributed by atoms with Crippen molar-refractivity contribution in [1.82, 2.24) is 10.3 Å². The number of nitrogens with one attached hydrogen (secondary N) is 1. The molecule has 0 atom stereocenters. The summed E-state index contributed by atoms with van der Waals surface area (Å²) in [5.41, 5.74) is 5.19. The molecule has 0 aromatic heterocycles. The molecule has 0 saturated carbocycles. The summed E-state index contributed by atoms with van der Waals surface area (Å²) in [6.45, 7) is 1.57. The zero-order valence-electron chi connectivity index (χ0n) is 19.7. The molecule has 4 rings (SSSR count). The number of methoxy groups -OCH3 is 1. The number of piperidine rings is 1. The maximum atomic E-state index is 12.7. The highest BCUT2D eigenvalue weighted by Crippen LogP contribution is 2.21. The lowest BCUT2D eigenvalue weighted by molar-refractivity contribution is -0.126. The molecule has 180 valence electrons. The van der Waals surface area contributed by atoms with Gasteiger partial charge >= 0.3 is 0 Å². The second-order valence-electron chi connectivity index (χ2n) is 8.38. The van der Waals surface area contributed by atoms with Crippen LogP contribution in [0.2, 0.25) is 0 Å². The molecule has 0 spiro atoms. The third kappa shape index (κ3) is 6.69. The van der Waals surface area contributed by atoms with Crippen molar-refractivity contribution in [3.63, 3.8) is 0 Å². The van der Waals surface area contributed by atoms with Crippen LogP contribution < -0.4 is 14.9 Å². The van der Waals surface area contributed by atoms with Crippen molar-refractivity contribution in [3.8, 4) is 11.5 Å².